The van der Waals surface area contributed by atoms with Crippen LogP contribution in [0.2, 0.25) is 0 Å². The Labute approximate surface area is 149 Å². The molecule has 2 aromatic rings. The summed E-state index contributed by atoms with van der Waals surface area (Å²) in [6.07, 6.45) is 0. The van der Waals surface area contributed by atoms with E-state index in [9.17, 15) is 13.6 Å². The molecule has 0 saturated carbocycles. The fourth-order valence-corrected chi connectivity index (χ4v) is 2.37. The molecule has 0 spiro atoms. The van der Waals surface area contributed by atoms with Crippen LogP contribution in [0.4, 0.5) is 8.78 Å². The van der Waals surface area contributed by atoms with E-state index >= 15 is 0 Å². The molecule has 0 aliphatic carbocycles. The van der Waals surface area contributed by atoms with Crippen LogP contribution in [0.1, 0.15) is 15.9 Å². The fourth-order valence-electron chi connectivity index (χ4n) is 2.37. The van der Waals surface area contributed by atoms with Crippen molar-refractivity contribution >= 4 is 5.91 Å². The zero-order valence-corrected chi connectivity index (χ0v) is 14.5. The van der Waals surface area contributed by atoms with Gasteiger partial charge in [-0.2, -0.15) is 8.78 Å². The van der Waals surface area contributed by atoms with Gasteiger partial charge in [0.2, 0.25) is 0 Å². The van der Waals surface area contributed by atoms with Crippen LogP contribution in [-0.2, 0) is 6.54 Å². The quantitative estimate of drug-likeness (QED) is 0.776. The van der Waals surface area contributed by atoms with Gasteiger partial charge in [0.1, 0.15) is 23.0 Å². The molecule has 0 aliphatic rings. The van der Waals surface area contributed by atoms with E-state index in [2.05, 4.69) is 10.1 Å². The zero-order chi connectivity index (χ0) is 19.1. The van der Waals surface area contributed by atoms with Gasteiger partial charge in [0, 0.05) is 12.1 Å². The number of halogens is 2. The average molecular weight is 367 g/mol. The predicted octanol–water partition coefficient (Wildman–Crippen LogP) is 3.24. The Morgan fingerprint density at radius 2 is 1.62 bits per heavy atom. The third kappa shape index (κ3) is 4.53. The molecule has 8 heteroatoms. The summed E-state index contributed by atoms with van der Waals surface area (Å²) in [6, 6.07) is 9.06. The highest BCUT2D eigenvalue weighted by atomic mass is 19.3. The third-order valence-corrected chi connectivity index (χ3v) is 3.59. The maximum absolute atomic E-state index is 12.5. The van der Waals surface area contributed by atoms with Gasteiger partial charge >= 0.3 is 6.61 Å². The SMILES string of the molecule is COc1cc(OC)c(CNC(=O)c2ccccc2OC(F)F)c(OC)c1. The molecule has 0 atom stereocenters. The van der Waals surface area contributed by atoms with Gasteiger partial charge in [0.15, 0.2) is 0 Å². The summed E-state index contributed by atoms with van der Waals surface area (Å²) in [7, 11) is 4.46. The van der Waals surface area contributed by atoms with Crippen molar-refractivity contribution in [2.45, 2.75) is 13.2 Å². The lowest BCUT2D eigenvalue weighted by Gasteiger charge is -2.16. The molecular formula is C18H19F2NO5. The number of para-hydroxylation sites is 1. The number of hydrogen-bond acceptors (Lipinski definition) is 5. The first kappa shape index (κ1) is 19.3. The molecule has 6 nitrogen and oxygen atoms in total. The molecule has 26 heavy (non-hydrogen) atoms. The molecule has 0 unspecified atom stereocenters. The zero-order valence-electron chi connectivity index (χ0n) is 14.5. The minimum absolute atomic E-state index is 0.000699. The summed E-state index contributed by atoms with van der Waals surface area (Å²) >= 11 is 0. The lowest BCUT2D eigenvalue weighted by molar-refractivity contribution is -0.0501. The number of carbonyl (C=O) groups is 1. The standard InChI is InChI=1S/C18H19F2NO5/c1-23-11-8-15(24-2)13(16(9-11)25-3)10-21-17(22)12-6-4-5-7-14(12)26-18(19)20/h4-9,18H,10H2,1-3H3,(H,21,22). The molecule has 0 aliphatic heterocycles. The number of ether oxygens (including phenoxy) is 4. The Morgan fingerprint density at radius 3 is 2.15 bits per heavy atom. The number of benzene rings is 2. The molecule has 0 heterocycles. The van der Waals surface area contributed by atoms with Gasteiger partial charge in [0.05, 0.1) is 39.0 Å². The fraction of sp³-hybridized carbons (Fsp3) is 0.278. The second-order valence-corrected chi connectivity index (χ2v) is 5.07. The van der Waals surface area contributed by atoms with Gasteiger partial charge < -0.3 is 24.3 Å². The van der Waals surface area contributed by atoms with Crippen molar-refractivity contribution in [3.05, 3.63) is 47.5 Å². The van der Waals surface area contributed by atoms with Gasteiger partial charge in [-0.1, -0.05) is 12.1 Å². The summed E-state index contributed by atoms with van der Waals surface area (Å²) in [6.45, 7) is -2.97. The van der Waals surface area contributed by atoms with Gasteiger partial charge in [-0.25, -0.2) is 0 Å². The van der Waals surface area contributed by atoms with E-state index in [0.717, 1.165) is 0 Å². The second kappa shape index (κ2) is 8.89. The van der Waals surface area contributed by atoms with E-state index in [4.69, 9.17) is 14.2 Å². The second-order valence-electron chi connectivity index (χ2n) is 5.07. The van der Waals surface area contributed by atoms with Crippen molar-refractivity contribution in [2.75, 3.05) is 21.3 Å². The van der Waals surface area contributed by atoms with Crippen molar-refractivity contribution in [1.82, 2.24) is 5.32 Å². The van der Waals surface area contributed by atoms with E-state index in [-0.39, 0.29) is 17.9 Å². The maximum Gasteiger partial charge on any atom is 0.387 e. The van der Waals surface area contributed by atoms with E-state index < -0.39 is 12.5 Å². The molecule has 0 bridgehead atoms. The van der Waals surface area contributed by atoms with Crippen molar-refractivity contribution in [2.24, 2.45) is 0 Å². The van der Waals surface area contributed by atoms with Crippen LogP contribution in [0.25, 0.3) is 0 Å². The summed E-state index contributed by atoms with van der Waals surface area (Å²) < 4.78 is 45.1. The Hall–Kier alpha value is -3.03. The molecule has 0 aromatic heterocycles. The average Bonchev–Trinajstić information content (AvgIpc) is 2.65. The Morgan fingerprint density at radius 1 is 1.00 bits per heavy atom. The van der Waals surface area contributed by atoms with E-state index in [1.165, 1.54) is 39.5 Å². The van der Waals surface area contributed by atoms with Crippen LogP contribution in [0.15, 0.2) is 36.4 Å². The van der Waals surface area contributed by atoms with Gasteiger partial charge in [-0.05, 0) is 12.1 Å². The van der Waals surface area contributed by atoms with Crippen LogP contribution in [0.5, 0.6) is 23.0 Å². The van der Waals surface area contributed by atoms with Crippen molar-refractivity contribution in [3.63, 3.8) is 0 Å². The highest BCUT2D eigenvalue weighted by molar-refractivity contribution is 5.96. The Bertz CT molecular complexity index is 742. The van der Waals surface area contributed by atoms with Gasteiger partial charge in [-0.3, -0.25) is 4.79 Å². The summed E-state index contributed by atoms with van der Waals surface area (Å²) in [5, 5.41) is 2.65. The van der Waals surface area contributed by atoms with Gasteiger partial charge in [-0.15, -0.1) is 0 Å². The Kier molecular flexibility index (Phi) is 6.60. The van der Waals surface area contributed by atoms with Gasteiger partial charge in [0.25, 0.3) is 5.91 Å². The maximum atomic E-state index is 12.5. The summed E-state index contributed by atoms with van der Waals surface area (Å²) in [5.74, 6) is 0.677. The smallest absolute Gasteiger partial charge is 0.387 e. The monoisotopic (exact) mass is 367 g/mol. The number of alkyl halides is 2. The predicted molar refractivity (Wildman–Crippen MR) is 90.3 cm³/mol. The number of carbonyl (C=O) groups excluding carboxylic acids is 1. The minimum atomic E-state index is -3.02. The number of rotatable bonds is 8. The molecule has 2 aromatic carbocycles. The number of hydrogen-bond donors (Lipinski definition) is 1. The minimum Gasteiger partial charge on any atom is -0.496 e. The van der Waals surface area contributed by atoms with Crippen LogP contribution < -0.4 is 24.3 Å². The number of nitrogens with one attached hydrogen (secondary N) is 1. The molecule has 0 saturated heterocycles. The van der Waals surface area contributed by atoms with Crippen LogP contribution >= 0.6 is 0 Å². The first-order valence-electron chi connectivity index (χ1n) is 7.61. The number of amides is 1. The molecule has 1 amide bonds. The molecule has 0 radical (unpaired) electrons. The topological polar surface area (TPSA) is 66.0 Å². The molecule has 0 fully saturated rings. The number of methoxy groups -OCH3 is 3. The molecule has 2 rings (SSSR count). The van der Waals surface area contributed by atoms with Crippen LogP contribution in [-0.4, -0.2) is 33.8 Å². The lowest BCUT2D eigenvalue weighted by atomic mass is 10.1. The van der Waals surface area contributed by atoms with E-state index in [1.807, 2.05) is 0 Å². The van der Waals surface area contributed by atoms with Crippen LogP contribution in [0.3, 0.4) is 0 Å². The first-order valence-corrected chi connectivity index (χ1v) is 7.61. The lowest BCUT2D eigenvalue weighted by Crippen LogP contribution is -2.24. The Balaban J connectivity index is 2.23. The van der Waals surface area contributed by atoms with E-state index in [0.29, 0.717) is 22.8 Å². The molecule has 1 N–H and O–H groups in total. The highest BCUT2D eigenvalue weighted by Crippen LogP contribution is 2.34. The first-order chi connectivity index (χ1) is 12.5. The summed E-state index contributed by atoms with van der Waals surface area (Å²) in [5.41, 5.74) is 0.579. The third-order valence-electron chi connectivity index (χ3n) is 3.59. The van der Waals surface area contributed by atoms with Crippen molar-refractivity contribution < 1.29 is 32.5 Å². The van der Waals surface area contributed by atoms with Crippen molar-refractivity contribution in [1.29, 1.82) is 0 Å². The van der Waals surface area contributed by atoms with E-state index in [1.54, 1.807) is 18.2 Å². The van der Waals surface area contributed by atoms with Crippen molar-refractivity contribution in [3.8, 4) is 23.0 Å². The highest BCUT2D eigenvalue weighted by Gasteiger charge is 2.18. The van der Waals surface area contributed by atoms with Crippen LogP contribution in [0, 0.1) is 0 Å². The largest absolute Gasteiger partial charge is 0.496 e. The molecular weight excluding hydrogens is 348 g/mol. The summed E-state index contributed by atoms with van der Waals surface area (Å²) in [4.78, 5) is 12.4. The molecule has 140 valence electrons. The normalized spacial score (nSPS) is 10.4.